The van der Waals surface area contributed by atoms with Gasteiger partial charge in [0.1, 0.15) is 6.61 Å². The van der Waals surface area contributed by atoms with Crippen LogP contribution >= 0.6 is 0 Å². The number of allylic oxidation sites excluding steroid dienone is 6. The molecule has 0 rings (SSSR count). The Kier molecular flexibility index (Phi) is 53.8. The molecular formula is C59H110O5. The van der Waals surface area contributed by atoms with Crippen molar-refractivity contribution in [2.45, 2.75) is 309 Å². The number of esters is 2. The third-order valence-corrected chi connectivity index (χ3v) is 12.7. The van der Waals surface area contributed by atoms with Crippen molar-refractivity contribution >= 4 is 11.9 Å². The first-order valence-corrected chi connectivity index (χ1v) is 28.5. The van der Waals surface area contributed by atoms with Gasteiger partial charge in [0.2, 0.25) is 0 Å². The van der Waals surface area contributed by atoms with Crippen LogP contribution in [0.2, 0.25) is 0 Å². The molecule has 0 aliphatic rings. The van der Waals surface area contributed by atoms with Crippen LogP contribution in [0.15, 0.2) is 36.5 Å². The van der Waals surface area contributed by atoms with Crippen LogP contribution < -0.4 is 0 Å². The predicted octanol–water partition coefficient (Wildman–Crippen LogP) is 19.4. The van der Waals surface area contributed by atoms with Gasteiger partial charge in [-0.05, 0) is 57.8 Å². The monoisotopic (exact) mass is 899 g/mol. The molecule has 376 valence electrons. The van der Waals surface area contributed by atoms with Crippen molar-refractivity contribution in [1.29, 1.82) is 0 Å². The second kappa shape index (κ2) is 55.4. The van der Waals surface area contributed by atoms with Crippen LogP contribution in [-0.2, 0) is 23.8 Å². The van der Waals surface area contributed by atoms with Crippen molar-refractivity contribution in [3.63, 3.8) is 0 Å². The second-order valence-electron chi connectivity index (χ2n) is 19.2. The number of rotatable bonds is 53. The van der Waals surface area contributed by atoms with E-state index in [9.17, 15) is 9.59 Å². The zero-order chi connectivity index (χ0) is 46.3. The van der Waals surface area contributed by atoms with Crippen LogP contribution in [0.5, 0.6) is 0 Å². The summed E-state index contributed by atoms with van der Waals surface area (Å²) in [6.07, 6.45) is 67.4. The molecule has 1 unspecified atom stereocenters. The SMILES string of the molecule is CCCCC/C=C\C/C=C\C/C=C\CCCCCCCCC(=O)OCC(COCCCCCCCCCCCCCCCCCCCCCC)OC(=O)CCCCCCCCCCC. The molecule has 0 bridgehead atoms. The third-order valence-electron chi connectivity index (χ3n) is 12.7. The Morgan fingerprint density at radius 3 is 1.08 bits per heavy atom. The summed E-state index contributed by atoms with van der Waals surface area (Å²) in [5.74, 6) is -0.397. The minimum atomic E-state index is -0.535. The fourth-order valence-electron chi connectivity index (χ4n) is 8.40. The minimum absolute atomic E-state index is 0.0844. The second-order valence-corrected chi connectivity index (χ2v) is 19.2. The lowest BCUT2D eigenvalue weighted by molar-refractivity contribution is -0.163. The van der Waals surface area contributed by atoms with Crippen molar-refractivity contribution < 1.29 is 23.8 Å². The zero-order valence-electron chi connectivity index (χ0n) is 43.3. The van der Waals surface area contributed by atoms with Gasteiger partial charge in [-0.1, -0.05) is 269 Å². The lowest BCUT2D eigenvalue weighted by Gasteiger charge is -2.18. The summed E-state index contributed by atoms with van der Waals surface area (Å²) in [6.45, 7) is 7.83. The average Bonchev–Trinajstić information content (AvgIpc) is 3.30. The average molecular weight is 900 g/mol. The lowest BCUT2D eigenvalue weighted by Crippen LogP contribution is -2.30. The summed E-state index contributed by atoms with van der Waals surface area (Å²) >= 11 is 0. The van der Waals surface area contributed by atoms with Gasteiger partial charge in [0.25, 0.3) is 0 Å². The lowest BCUT2D eigenvalue weighted by atomic mass is 10.0. The van der Waals surface area contributed by atoms with Gasteiger partial charge in [0.05, 0.1) is 6.61 Å². The molecule has 0 amide bonds. The molecule has 5 nitrogen and oxygen atoms in total. The number of unbranched alkanes of at least 4 members (excludes halogenated alkanes) is 36. The highest BCUT2D eigenvalue weighted by atomic mass is 16.6. The quantitative estimate of drug-likeness (QED) is 0.0346. The van der Waals surface area contributed by atoms with Crippen molar-refractivity contribution in [3.8, 4) is 0 Å². The van der Waals surface area contributed by atoms with Crippen LogP contribution in [0.4, 0.5) is 0 Å². The highest BCUT2D eigenvalue weighted by Crippen LogP contribution is 2.16. The van der Waals surface area contributed by atoms with Gasteiger partial charge in [-0.3, -0.25) is 9.59 Å². The van der Waals surface area contributed by atoms with Crippen molar-refractivity contribution in [2.24, 2.45) is 0 Å². The fraction of sp³-hybridized carbons (Fsp3) is 0.864. The molecule has 0 radical (unpaired) electrons. The number of carbonyl (C=O) groups is 2. The smallest absolute Gasteiger partial charge is 0.306 e. The molecule has 0 aromatic rings. The first kappa shape index (κ1) is 62.1. The van der Waals surface area contributed by atoms with Gasteiger partial charge in [-0.2, -0.15) is 0 Å². The van der Waals surface area contributed by atoms with Crippen LogP contribution in [-0.4, -0.2) is 37.9 Å². The third kappa shape index (κ3) is 52.7. The molecule has 0 saturated heterocycles. The van der Waals surface area contributed by atoms with Crippen molar-refractivity contribution in [3.05, 3.63) is 36.5 Å². The molecule has 64 heavy (non-hydrogen) atoms. The van der Waals surface area contributed by atoms with Crippen molar-refractivity contribution in [2.75, 3.05) is 19.8 Å². The maximum atomic E-state index is 12.8. The Morgan fingerprint density at radius 1 is 0.344 bits per heavy atom. The molecule has 0 aromatic heterocycles. The summed E-state index contributed by atoms with van der Waals surface area (Å²) in [5, 5.41) is 0. The maximum absolute atomic E-state index is 12.8. The highest BCUT2D eigenvalue weighted by Gasteiger charge is 2.17. The molecule has 0 N–H and O–H groups in total. The zero-order valence-corrected chi connectivity index (χ0v) is 43.3. The first-order valence-electron chi connectivity index (χ1n) is 28.5. The Bertz CT molecular complexity index is 1020. The van der Waals surface area contributed by atoms with E-state index in [1.807, 2.05) is 0 Å². The van der Waals surface area contributed by atoms with Gasteiger partial charge in [-0.15, -0.1) is 0 Å². The molecule has 0 saturated carbocycles. The van der Waals surface area contributed by atoms with E-state index in [1.54, 1.807) is 0 Å². The number of hydrogen-bond donors (Lipinski definition) is 0. The van der Waals surface area contributed by atoms with E-state index in [-0.39, 0.29) is 18.5 Å². The van der Waals surface area contributed by atoms with E-state index in [1.165, 1.54) is 212 Å². The molecular weight excluding hydrogens is 789 g/mol. The molecule has 0 spiro atoms. The Hall–Kier alpha value is -1.88. The molecule has 0 aliphatic heterocycles. The Balaban J connectivity index is 4.13. The van der Waals surface area contributed by atoms with Gasteiger partial charge in [0.15, 0.2) is 6.10 Å². The van der Waals surface area contributed by atoms with E-state index in [0.29, 0.717) is 26.1 Å². The van der Waals surface area contributed by atoms with Gasteiger partial charge in [-0.25, -0.2) is 0 Å². The van der Waals surface area contributed by atoms with Crippen LogP contribution in [0.1, 0.15) is 303 Å². The standard InChI is InChI=1S/C59H110O5/c1-4-7-10-13-16-19-21-23-25-27-29-31-33-35-37-39-42-45-48-51-54-62-55-57(64-59(61)53-50-47-44-40-18-15-12-9-6-3)56-63-58(60)52-49-46-43-41-38-36-34-32-30-28-26-24-22-20-17-14-11-8-5-2/h17,20,24,26,30,32,57H,4-16,18-19,21-23,25,27-29,31,33-56H2,1-3H3/b20-17-,26-24-,32-30-. The van der Waals surface area contributed by atoms with E-state index in [2.05, 4.69) is 57.2 Å². The fourth-order valence-corrected chi connectivity index (χ4v) is 8.40. The maximum Gasteiger partial charge on any atom is 0.306 e. The van der Waals surface area contributed by atoms with E-state index >= 15 is 0 Å². The summed E-state index contributed by atoms with van der Waals surface area (Å²) < 4.78 is 17.4. The van der Waals surface area contributed by atoms with E-state index in [0.717, 1.165) is 57.8 Å². The predicted molar refractivity (Wildman–Crippen MR) is 279 cm³/mol. The molecule has 0 aliphatic carbocycles. The molecule has 0 heterocycles. The van der Waals surface area contributed by atoms with Crippen LogP contribution in [0, 0.1) is 0 Å². The Morgan fingerprint density at radius 2 is 0.656 bits per heavy atom. The summed E-state index contributed by atoms with van der Waals surface area (Å²) in [5.41, 5.74) is 0. The van der Waals surface area contributed by atoms with Crippen LogP contribution in [0.25, 0.3) is 0 Å². The molecule has 5 heteroatoms. The number of hydrogen-bond acceptors (Lipinski definition) is 5. The van der Waals surface area contributed by atoms with Crippen molar-refractivity contribution in [1.82, 2.24) is 0 Å². The first-order chi connectivity index (χ1) is 31.6. The van der Waals surface area contributed by atoms with E-state index in [4.69, 9.17) is 14.2 Å². The number of ether oxygens (including phenoxy) is 3. The van der Waals surface area contributed by atoms with Gasteiger partial charge in [0, 0.05) is 19.4 Å². The number of carbonyl (C=O) groups excluding carboxylic acids is 2. The van der Waals surface area contributed by atoms with Gasteiger partial charge < -0.3 is 14.2 Å². The molecule has 0 fully saturated rings. The topological polar surface area (TPSA) is 61.8 Å². The normalized spacial score (nSPS) is 12.4. The summed E-state index contributed by atoms with van der Waals surface area (Å²) in [7, 11) is 0. The largest absolute Gasteiger partial charge is 0.462 e. The molecule has 1 atom stereocenters. The van der Waals surface area contributed by atoms with Crippen LogP contribution in [0.3, 0.4) is 0 Å². The molecule has 0 aromatic carbocycles. The summed E-state index contributed by atoms with van der Waals surface area (Å²) in [6, 6.07) is 0. The van der Waals surface area contributed by atoms with E-state index < -0.39 is 6.10 Å². The Labute approximate surface area is 400 Å². The summed E-state index contributed by atoms with van der Waals surface area (Å²) in [4.78, 5) is 25.4. The highest BCUT2D eigenvalue weighted by molar-refractivity contribution is 5.70. The van der Waals surface area contributed by atoms with Gasteiger partial charge >= 0.3 is 11.9 Å². The minimum Gasteiger partial charge on any atom is -0.462 e.